The summed E-state index contributed by atoms with van der Waals surface area (Å²) in [5.74, 6) is -0.0670. The molecule has 0 spiro atoms. The number of nitro groups is 2. The first-order chi connectivity index (χ1) is 21.5. The lowest BCUT2D eigenvalue weighted by Gasteiger charge is -2.33. The van der Waals surface area contributed by atoms with Gasteiger partial charge in [-0.1, -0.05) is 30.8 Å². The Kier molecular flexibility index (Phi) is 9.01. The number of nitro benzene ring substituents is 2. The Bertz CT molecular complexity index is 1930. The molecule has 4 aromatic carbocycles. The molecule has 0 bridgehead atoms. The molecule has 0 amide bonds. The molecule has 1 N–H and O–H groups in total. The minimum Gasteiger partial charge on any atom is -0.505 e. The highest BCUT2D eigenvalue weighted by atomic mass is 32.2. The van der Waals surface area contributed by atoms with E-state index in [4.69, 9.17) is 4.65 Å². The third-order valence-electron chi connectivity index (χ3n) is 6.53. The number of benzene rings is 4. The molecule has 45 heavy (non-hydrogen) atoms. The molecular weight excluding hydrogens is 631 g/mol. The Labute approximate surface area is 260 Å². The standard InChI is InChI=1S/C28H22BF2N5O7S2/c1-2-13-34-22-5-3-4-6-26(22)44-27-14-18(25(16-23(27)34)43-29(30)31)17-32-19-7-9-20(10-8-19)33-45(41,42)28-12-11-21(35(37)38)15-24(28)36(39)40/h3-12,14-17,33H,2,13H2,1H3. The summed E-state index contributed by atoms with van der Waals surface area (Å²) in [4.78, 5) is 28.0. The van der Waals surface area contributed by atoms with Gasteiger partial charge in [0.05, 0.1) is 33.0 Å². The van der Waals surface area contributed by atoms with E-state index in [-0.39, 0.29) is 11.4 Å². The predicted molar refractivity (Wildman–Crippen MR) is 167 cm³/mol. The molecule has 230 valence electrons. The molecule has 4 aromatic rings. The molecule has 0 saturated heterocycles. The predicted octanol–water partition coefficient (Wildman–Crippen LogP) is 7.37. The first-order valence-corrected chi connectivity index (χ1v) is 15.5. The van der Waals surface area contributed by atoms with Gasteiger partial charge in [0.1, 0.15) is 5.75 Å². The summed E-state index contributed by atoms with van der Waals surface area (Å²) in [5.41, 5.74) is 0.787. The zero-order valence-corrected chi connectivity index (χ0v) is 24.9. The lowest BCUT2D eigenvalue weighted by molar-refractivity contribution is -0.396. The molecule has 0 radical (unpaired) electrons. The van der Waals surface area contributed by atoms with Crippen LogP contribution in [0.3, 0.4) is 0 Å². The first kappa shape index (κ1) is 31.4. The number of aliphatic imine (C=N–C) groups is 1. The van der Waals surface area contributed by atoms with Crippen molar-refractivity contribution in [3.63, 3.8) is 0 Å². The average Bonchev–Trinajstić information content (AvgIpc) is 3.00. The summed E-state index contributed by atoms with van der Waals surface area (Å²) in [6, 6.07) is 18.9. The SMILES string of the molecule is CCCN1c2ccccc2Sc2cc(C=Nc3ccc(NS(=O)(=O)c4ccc([N+](=O)[O-])cc4[N+](=O)[O-])cc3)c(OB(F)F)cc21. The van der Waals surface area contributed by atoms with Crippen LogP contribution in [-0.2, 0) is 10.0 Å². The number of fused-ring (bicyclic) bond motifs is 2. The Morgan fingerprint density at radius 3 is 2.38 bits per heavy atom. The van der Waals surface area contributed by atoms with Gasteiger partial charge in [-0.15, -0.1) is 0 Å². The van der Waals surface area contributed by atoms with Crippen LogP contribution in [0.2, 0.25) is 0 Å². The molecule has 1 aliphatic rings. The van der Waals surface area contributed by atoms with E-state index < -0.39 is 43.6 Å². The normalized spacial score (nSPS) is 12.4. The van der Waals surface area contributed by atoms with Crippen molar-refractivity contribution in [2.24, 2.45) is 4.99 Å². The molecule has 0 aliphatic carbocycles. The number of hydrogen-bond acceptors (Lipinski definition) is 10. The van der Waals surface area contributed by atoms with Gasteiger partial charge in [0.25, 0.3) is 21.4 Å². The summed E-state index contributed by atoms with van der Waals surface area (Å²) in [6.45, 7) is 2.69. The van der Waals surface area contributed by atoms with Crippen molar-refractivity contribution in [3.05, 3.63) is 105 Å². The number of para-hydroxylation sites is 1. The zero-order valence-electron chi connectivity index (χ0n) is 23.3. The Morgan fingerprint density at radius 2 is 1.71 bits per heavy atom. The summed E-state index contributed by atoms with van der Waals surface area (Å²) < 4.78 is 59.6. The van der Waals surface area contributed by atoms with Crippen LogP contribution < -0.4 is 14.3 Å². The van der Waals surface area contributed by atoms with Gasteiger partial charge in [-0.05, 0) is 55.0 Å². The van der Waals surface area contributed by atoms with Crippen molar-refractivity contribution < 1.29 is 31.6 Å². The van der Waals surface area contributed by atoms with Gasteiger partial charge < -0.3 is 9.55 Å². The molecule has 5 rings (SSSR count). The average molecular weight is 653 g/mol. The Morgan fingerprint density at radius 1 is 0.978 bits per heavy atom. The lowest BCUT2D eigenvalue weighted by atomic mass is 10.1. The second-order valence-corrected chi connectivity index (χ2v) is 12.3. The van der Waals surface area contributed by atoms with E-state index in [1.807, 2.05) is 31.2 Å². The molecular formula is C28H22BF2N5O7S2. The van der Waals surface area contributed by atoms with E-state index in [0.717, 1.165) is 39.7 Å². The Hall–Kier alpha value is -5.03. The highest BCUT2D eigenvalue weighted by Crippen LogP contribution is 2.50. The van der Waals surface area contributed by atoms with Crippen LogP contribution in [0.4, 0.5) is 42.8 Å². The van der Waals surface area contributed by atoms with E-state index in [0.29, 0.717) is 23.9 Å². The van der Waals surface area contributed by atoms with Crippen molar-refractivity contribution >= 4 is 69.6 Å². The number of nitrogens with one attached hydrogen (secondary N) is 1. The monoisotopic (exact) mass is 653 g/mol. The minimum absolute atomic E-state index is 0.0307. The summed E-state index contributed by atoms with van der Waals surface area (Å²) in [7, 11) is -7.57. The number of hydrogen-bond donors (Lipinski definition) is 1. The fourth-order valence-electron chi connectivity index (χ4n) is 4.59. The third kappa shape index (κ3) is 6.88. The van der Waals surface area contributed by atoms with E-state index in [9.17, 15) is 37.3 Å². The maximum absolute atomic E-state index is 13.4. The molecule has 0 saturated carbocycles. The maximum Gasteiger partial charge on any atom is 0.796 e. The second-order valence-electron chi connectivity index (χ2n) is 9.53. The van der Waals surface area contributed by atoms with Crippen LogP contribution >= 0.6 is 11.8 Å². The van der Waals surface area contributed by atoms with Crippen LogP contribution in [0.1, 0.15) is 18.9 Å². The van der Waals surface area contributed by atoms with Gasteiger partial charge in [0, 0.05) is 45.9 Å². The van der Waals surface area contributed by atoms with Crippen molar-refractivity contribution in [2.45, 2.75) is 28.0 Å². The number of non-ortho nitro benzene ring substituents is 1. The molecule has 0 unspecified atom stereocenters. The summed E-state index contributed by atoms with van der Waals surface area (Å²) in [6.07, 6.45) is 2.19. The minimum atomic E-state index is -4.50. The molecule has 1 aliphatic heterocycles. The highest BCUT2D eigenvalue weighted by molar-refractivity contribution is 7.99. The molecule has 0 atom stereocenters. The van der Waals surface area contributed by atoms with Gasteiger partial charge in [-0.25, -0.2) is 17.0 Å². The second kappa shape index (κ2) is 12.9. The highest BCUT2D eigenvalue weighted by Gasteiger charge is 2.29. The van der Waals surface area contributed by atoms with Crippen molar-refractivity contribution in [3.8, 4) is 5.75 Å². The number of nitrogens with zero attached hydrogens (tertiary/aromatic N) is 4. The van der Waals surface area contributed by atoms with E-state index >= 15 is 0 Å². The molecule has 0 fully saturated rings. The number of anilines is 3. The van der Waals surface area contributed by atoms with Gasteiger partial charge in [-0.2, -0.15) is 0 Å². The molecule has 1 heterocycles. The van der Waals surface area contributed by atoms with Crippen LogP contribution in [0, 0.1) is 20.2 Å². The number of sulfonamides is 1. The number of rotatable bonds is 11. The van der Waals surface area contributed by atoms with Gasteiger partial charge >= 0.3 is 7.47 Å². The molecule has 17 heteroatoms. The van der Waals surface area contributed by atoms with Crippen LogP contribution in [0.15, 0.2) is 98.5 Å². The smallest absolute Gasteiger partial charge is 0.505 e. The topological polar surface area (TPSA) is 157 Å². The first-order valence-electron chi connectivity index (χ1n) is 13.2. The molecule has 12 nitrogen and oxygen atoms in total. The van der Waals surface area contributed by atoms with Gasteiger partial charge in [0.15, 0.2) is 4.90 Å². The van der Waals surface area contributed by atoms with Gasteiger partial charge in [0.2, 0.25) is 0 Å². The van der Waals surface area contributed by atoms with Crippen molar-refractivity contribution in [2.75, 3.05) is 16.2 Å². The largest absolute Gasteiger partial charge is 0.796 e. The summed E-state index contributed by atoms with van der Waals surface area (Å²) >= 11 is 1.50. The van der Waals surface area contributed by atoms with E-state index in [1.165, 1.54) is 42.2 Å². The Balaban J connectivity index is 1.41. The maximum atomic E-state index is 13.4. The van der Waals surface area contributed by atoms with Crippen LogP contribution in [0.25, 0.3) is 0 Å². The van der Waals surface area contributed by atoms with E-state index in [2.05, 4.69) is 14.6 Å². The fraction of sp³-hybridized carbons (Fsp3) is 0.107. The third-order valence-corrected chi connectivity index (χ3v) is 9.07. The van der Waals surface area contributed by atoms with E-state index in [1.54, 1.807) is 12.1 Å². The summed E-state index contributed by atoms with van der Waals surface area (Å²) in [5, 5.41) is 22.4. The van der Waals surface area contributed by atoms with Crippen molar-refractivity contribution in [1.82, 2.24) is 0 Å². The zero-order chi connectivity index (χ0) is 32.3. The number of halogens is 2. The van der Waals surface area contributed by atoms with Crippen LogP contribution in [-0.4, -0.2) is 38.5 Å². The van der Waals surface area contributed by atoms with Crippen molar-refractivity contribution in [1.29, 1.82) is 0 Å². The molecule has 0 aromatic heterocycles. The quantitative estimate of drug-likeness (QED) is 0.0755. The van der Waals surface area contributed by atoms with Gasteiger partial charge in [-0.3, -0.25) is 29.9 Å². The lowest BCUT2D eigenvalue weighted by Crippen LogP contribution is -2.22. The fourth-order valence-corrected chi connectivity index (χ4v) is 6.93. The van der Waals surface area contributed by atoms with Crippen LogP contribution in [0.5, 0.6) is 5.75 Å².